The van der Waals surface area contributed by atoms with Crippen LogP contribution in [0.2, 0.25) is 10.0 Å². The molecular formula is C12H16Cl3N3O2. The Bertz CT molecular complexity index is 469. The second kappa shape index (κ2) is 9.83. The van der Waals surface area contributed by atoms with Crippen LogP contribution in [0.5, 0.6) is 0 Å². The number of halogens is 3. The molecule has 1 aromatic rings. The van der Waals surface area contributed by atoms with Gasteiger partial charge in [-0.1, -0.05) is 23.2 Å². The third-order valence-corrected chi connectivity index (χ3v) is 3.03. The maximum absolute atomic E-state index is 11.7. The van der Waals surface area contributed by atoms with E-state index in [1.807, 2.05) is 0 Å². The maximum Gasteiger partial charge on any atom is 0.251 e. The molecule has 1 rings (SSSR count). The van der Waals surface area contributed by atoms with Gasteiger partial charge in [0.1, 0.15) is 0 Å². The minimum absolute atomic E-state index is 0. The normalized spacial score (nSPS) is 9.55. The van der Waals surface area contributed by atoms with E-state index < -0.39 is 0 Å². The van der Waals surface area contributed by atoms with Crippen LogP contribution < -0.4 is 16.4 Å². The van der Waals surface area contributed by atoms with Crippen LogP contribution in [0.25, 0.3) is 0 Å². The summed E-state index contributed by atoms with van der Waals surface area (Å²) in [4.78, 5) is 23.1. The van der Waals surface area contributed by atoms with Crippen molar-refractivity contribution in [2.45, 2.75) is 6.42 Å². The molecule has 0 saturated heterocycles. The molecular weight excluding hydrogens is 325 g/mol. The fraction of sp³-hybridized carbons (Fsp3) is 0.333. The van der Waals surface area contributed by atoms with Gasteiger partial charge in [0.25, 0.3) is 5.91 Å². The molecule has 5 nitrogen and oxygen atoms in total. The zero-order valence-corrected chi connectivity index (χ0v) is 12.9. The van der Waals surface area contributed by atoms with Gasteiger partial charge in [-0.15, -0.1) is 12.4 Å². The van der Waals surface area contributed by atoms with E-state index in [1.165, 1.54) is 18.2 Å². The van der Waals surface area contributed by atoms with Gasteiger partial charge in [-0.2, -0.15) is 0 Å². The van der Waals surface area contributed by atoms with Crippen LogP contribution in [-0.2, 0) is 4.79 Å². The van der Waals surface area contributed by atoms with Gasteiger partial charge in [0.05, 0.1) is 16.6 Å². The molecule has 0 saturated carbocycles. The minimum atomic E-state index is -0.382. The van der Waals surface area contributed by atoms with Gasteiger partial charge in [-0.05, 0) is 31.2 Å². The third-order valence-electron chi connectivity index (χ3n) is 2.29. The molecule has 0 fully saturated rings. The number of carbonyl (C=O) groups is 2. The molecule has 0 bridgehead atoms. The summed E-state index contributed by atoms with van der Waals surface area (Å²) in [7, 11) is 0. The Hall–Kier alpha value is -1.01. The number of carbonyl (C=O) groups excluding carboxylic acids is 2. The average Bonchev–Trinajstić information content (AvgIpc) is 2.39. The van der Waals surface area contributed by atoms with Gasteiger partial charge < -0.3 is 16.4 Å². The Balaban J connectivity index is 0.00000361. The quantitative estimate of drug-likeness (QED) is 0.688. The van der Waals surface area contributed by atoms with Gasteiger partial charge in [-0.25, -0.2) is 0 Å². The van der Waals surface area contributed by atoms with Crippen molar-refractivity contribution >= 4 is 47.4 Å². The fourth-order valence-electron chi connectivity index (χ4n) is 1.29. The van der Waals surface area contributed by atoms with E-state index in [0.717, 1.165) is 0 Å². The molecule has 8 heteroatoms. The first-order chi connectivity index (χ1) is 9.04. The van der Waals surface area contributed by atoms with Gasteiger partial charge in [0, 0.05) is 12.1 Å². The molecule has 112 valence electrons. The van der Waals surface area contributed by atoms with Crippen LogP contribution in [-0.4, -0.2) is 31.4 Å². The average molecular weight is 341 g/mol. The van der Waals surface area contributed by atoms with E-state index in [9.17, 15) is 9.59 Å². The van der Waals surface area contributed by atoms with E-state index in [4.69, 9.17) is 28.9 Å². The van der Waals surface area contributed by atoms with Crippen molar-refractivity contribution in [3.05, 3.63) is 33.8 Å². The first kappa shape index (κ1) is 19.0. The minimum Gasteiger partial charge on any atom is -0.355 e. The molecule has 0 spiro atoms. The van der Waals surface area contributed by atoms with Crippen molar-refractivity contribution in [2.75, 3.05) is 19.6 Å². The van der Waals surface area contributed by atoms with E-state index in [-0.39, 0.29) is 30.8 Å². The summed E-state index contributed by atoms with van der Waals surface area (Å²) in [5, 5.41) is 5.78. The van der Waals surface area contributed by atoms with Gasteiger partial charge in [-0.3, -0.25) is 9.59 Å². The maximum atomic E-state index is 11.7. The van der Waals surface area contributed by atoms with Gasteiger partial charge in [0.2, 0.25) is 5.91 Å². The number of benzene rings is 1. The van der Waals surface area contributed by atoms with E-state index >= 15 is 0 Å². The van der Waals surface area contributed by atoms with E-state index in [1.54, 1.807) is 0 Å². The van der Waals surface area contributed by atoms with Crippen molar-refractivity contribution in [1.29, 1.82) is 0 Å². The Labute approximate surface area is 133 Å². The molecule has 0 aliphatic carbocycles. The molecule has 1 aromatic carbocycles. The molecule has 4 N–H and O–H groups in total. The van der Waals surface area contributed by atoms with Crippen molar-refractivity contribution in [3.63, 3.8) is 0 Å². The van der Waals surface area contributed by atoms with Crippen LogP contribution in [0.4, 0.5) is 0 Å². The van der Waals surface area contributed by atoms with Crippen molar-refractivity contribution < 1.29 is 9.59 Å². The lowest BCUT2D eigenvalue weighted by Gasteiger charge is -2.07. The summed E-state index contributed by atoms with van der Waals surface area (Å²) in [6.45, 7) is 0.914. The topological polar surface area (TPSA) is 84.2 Å². The largest absolute Gasteiger partial charge is 0.355 e. The monoisotopic (exact) mass is 339 g/mol. The zero-order chi connectivity index (χ0) is 14.3. The van der Waals surface area contributed by atoms with E-state index in [0.29, 0.717) is 35.1 Å². The molecule has 2 amide bonds. The Morgan fingerprint density at radius 1 is 1.15 bits per heavy atom. The summed E-state index contributed by atoms with van der Waals surface area (Å²) in [6, 6.07) is 4.52. The number of rotatable bonds is 6. The lowest BCUT2D eigenvalue weighted by atomic mass is 10.2. The number of nitrogens with two attached hydrogens (primary N) is 1. The Kier molecular flexibility index (Phi) is 9.33. The highest BCUT2D eigenvalue weighted by Crippen LogP contribution is 2.22. The second-order valence-electron chi connectivity index (χ2n) is 3.80. The standard InChI is InChI=1S/C12H15Cl2N3O2.ClH/c13-9-3-2-8(6-10(9)14)12(19)17-7-11(18)16-5-1-4-15;/h2-3,6H,1,4-5,7,15H2,(H,16,18)(H,17,19);1H. The first-order valence-electron chi connectivity index (χ1n) is 5.74. The zero-order valence-electron chi connectivity index (χ0n) is 10.6. The number of hydrogen-bond acceptors (Lipinski definition) is 3. The fourth-order valence-corrected chi connectivity index (χ4v) is 1.59. The lowest BCUT2D eigenvalue weighted by molar-refractivity contribution is -0.120. The van der Waals surface area contributed by atoms with Crippen molar-refractivity contribution in [2.24, 2.45) is 5.73 Å². The van der Waals surface area contributed by atoms with Crippen molar-refractivity contribution in [3.8, 4) is 0 Å². The summed E-state index contributed by atoms with van der Waals surface area (Å²) >= 11 is 11.5. The van der Waals surface area contributed by atoms with Crippen LogP contribution in [0, 0.1) is 0 Å². The highest BCUT2D eigenvalue weighted by Gasteiger charge is 2.09. The highest BCUT2D eigenvalue weighted by atomic mass is 35.5. The molecule has 0 heterocycles. The molecule has 0 unspecified atom stereocenters. The molecule has 0 atom stereocenters. The molecule has 0 aliphatic rings. The predicted octanol–water partition coefficient (Wildman–Crippen LogP) is 1.61. The van der Waals surface area contributed by atoms with Crippen LogP contribution in [0.15, 0.2) is 18.2 Å². The van der Waals surface area contributed by atoms with Gasteiger partial charge in [0.15, 0.2) is 0 Å². The predicted molar refractivity (Wildman–Crippen MR) is 82.7 cm³/mol. The summed E-state index contributed by atoms with van der Waals surface area (Å²) in [5.41, 5.74) is 5.65. The van der Waals surface area contributed by atoms with Crippen LogP contribution in [0.3, 0.4) is 0 Å². The molecule has 20 heavy (non-hydrogen) atoms. The SMILES string of the molecule is Cl.NCCCNC(=O)CNC(=O)c1ccc(Cl)c(Cl)c1. The van der Waals surface area contributed by atoms with Crippen LogP contribution in [0.1, 0.15) is 16.8 Å². The molecule has 0 aromatic heterocycles. The summed E-state index contributed by atoms with van der Waals surface area (Å²) in [6.07, 6.45) is 0.701. The molecule has 0 radical (unpaired) electrons. The summed E-state index contributed by atoms with van der Waals surface area (Å²) in [5.74, 6) is -0.644. The number of amides is 2. The summed E-state index contributed by atoms with van der Waals surface area (Å²) < 4.78 is 0. The lowest BCUT2D eigenvalue weighted by Crippen LogP contribution is -2.37. The highest BCUT2D eigenvalue weighted by molar-refractivity contribution is 6.42. The van der Waals surface area contributed by atoms with Crippen LogP contribution >= 0.6 is 35.6 Å². The first-order valence-corrected chi connectivity index (χ1v) is 6.50. The van der Waals surface area contributed by atoms with Gasteiger partial charge >= 0.3 is 0 Å². The molecule has 0 aliphatic heterocycles. The Morgan fingerprint density at radius 2 is 1.85 bits per heavy atom. The smallest absolute Gasteiger partial charge is 0.251 e. The third kappa shape index (κ3) is 6.43. The number of nitrogens with one attached hydrogen (secondary N) is 2. The van der Waals surface area contributed by atoms with E-state index in [2.05, 4.69) is 10.6 Å². The Morgan fingerprint density at radius 3 is 2.45 bits per heavy atom. The second-order valence-corrected chi connectivity index (χ2v) is 4.62. The van der Waals surface area contributed by atoms with Crippen molar-refractivity contribution in [1.82, 2.24) is 10.6 Å². The number of hydrogen-bond donors (Lipinski definition) is 3.